The van der Waals surface area contributed by atoms with Crippen molar-refractivity contribution in [2.24, 2.45) is 7.05 Å². The van der Waals surface area contributed by atoms with Crippen LogP contribution in [0.15, 0.2) is 30.6 Å². The SMILES string of the molecule is Cc1cn2cc(NC(=O)c3ccc(N4CCCC4)c4nn(C)nc34)cc(F)c2n1. The molecule has 5 rings (SSSR count). The normalized spacial score (nSPS) is 14.2. The van der Waals surface area contributed by atoms with Gasteiger partial charge >= 0.3 is 0 Å². The summed E-state index contributed by atoms with van der Waals surface area (Å²) in [5.74, 6) is -0.857. The van der Waals surface area contributed by atoms with Crippen LogP contribution in [0.25, 0.3) is 16.7 Å². The quantitative estimate of drug-likeness (QED) is 0.579. The molecule has 0 radical (unpaired) electrons. The number of nitrogens with one attached hydrogen (secondary N) is 1. The number of aromatic nitrogens is 5. The Balaban J connectivity index is 1.52. The van der Waals surface area contributed by atoms with Crippen molar-refractivity contribution in [1.29, 1.82) is 0 Å². The molecule has 8 nitrogen and oxygen atoms in total. The summed E-state index contributed by atoms with van der Waals surface area (Å²) in [6, 6.07) is 4.95. The third-order valence-electron chi connectivity index (χ3n) is 5.20. The monoisotopic (exact) mass is 393 g/mol. The highest BCUT2D eigenvalue weighted by molar-refractivity contribution is 6.13. The van der Waals surface area contributed by atoms with Gasteiger partial charge in [-0.3, -0.25) is 4.79 Å². The van der Waals surface area contributed by atoms with Gasteiger partial charge in [-0.15, -0.1) is 0 Å². The van der Waals surface area contributed by atoms with Gasteiger partial charge in [-0.25, -0.2) is 9.37 Å². The first-order valence-corrected chi connectivity index (χ1v) is 9.55. The fourth-order valence-corrected chi connectivity index (χ4v) is 3.92. The molecule has 0 saturated carbocycles. The fourth-order valence-electron chi connectivity index (χ4n) is 3.92. The topological polar surface area (TPSA) is 80.4 Å². The average Bonchev–Trinajstić information content (AvgIpc) is 3.39. The smallest absolute Gasteiger partial charge is 0.258 e. The van der Waals surface area contributed by atoms with Gasteiger partial charge in [0.1, 0.15) is 11.0 Å². The number of carbonyl (C=O) groups excluding carboxylic acids is 1. The van der Waals surface area contributed by atoms with Crippen molar-refractivity contribution in [3.05, 3.63) is 47.7 Å². The molecule has 1 amide bonds. The lowest BCUT2D eigenvalue weighted by Crippen LogP contribution is -2.19. The molecule has 1 N–H and O–H groups in total. The van der Waals surface area contributed by atoms with E-state index in [0.29, 0.717) is 28.0 Å². The van der Waals surface area contributed by atoms with E-state index in [4.69, 9.17) is 0 Å². The molecule has 1 saturated heterocycles. The molecular weight excluding hydrogens is 373 g/mol. The van der Waals surface area contributed by atoms with Gasteiger partial charge in [0.15, 0.2) is 11.5 Å². The van der Waals surface area contributed by atoms with Crippen LogP contribution < -0.4 is 10.2 Å². The third-order valence-corrected chi connectivity index (χ3v) is 5.20. The Hall–Kier alpha value is -3.49. The van der Waals surface area contributed by atoms with Crippen molar-refractivity contribution in [3.8, 4) is 0 Å². The number of nitrogens with zero attached hydrogens (tertiary/aromatic N) is 6. The summed E-state index contributed by atoms with van der Waals surface area (Å²) in [7, 11) is 1.74. The Morgan fingerprint density at radius 3 is 2.69 bits per heavy atom. The maximum absolute atomic E-state index is 14.3. The molecule has 1 aliphatic rings. The maximum atomic E-state index is 14.3. The predicted octanol–water partition coefficient (Wildman–Crippen LogP) is 2.92. The average molecular weight is 393 g/mol. The van der Waals surface area contributed by atoms with E-state index in [0.717, 1.165) is 31.6 Å². The van der Waals surface area contributed by atoms with E-state index < -0.39 is 5.82 Å². The Bertz CT molecular complexity index is 1250. The first-order chi connectivity index (χ1) is 14.0. The highest BCUT2D eigenvalue weighted by Gasteiger charge is 2.22. The number of pyridine rings is 1. The van der Waals surface area contributed by atoms with Gasteiger partial charge < -0.3 is 14.6 Å². The lowest BCUT2D eigenvalue weighted by molar-refractivity contribution is 0.102. The van der Waals surface area contributed by atoms with Crippen LogP contribution >= 0.6 is 0 Å². The van der Waals surface area contributed by atoms with Crippen LogP contribution in [0.5, 0.6) is 0 Å². The van der Waals surface area contributed by atoms with Crippen molar-refractivity contribution in [1.82, 2.24) is 24.4 Å². The molecule has 0 unspecified atom stereocenters. The molecule has 148 valence electrons. The largest absolute Gasteiger partial charge is 0.370 e. The predicted molar refractivity (Wildman–Crippen MR) is 108 cm³/mol. The summed E-state index contributed by atoms with van der Waals surface area (Å²) in [5.41, 5.74) is 3.90. The molecule has 1 aliphatic heterocycles. The Labute approximate surface area is 165 Å². The molecule has 1 fully saturated rings. The summed E-state index contributed by atoms with van der Waals surface area (Å²) in [5, 5.41) is 11.7. The number of carbonyl (C=O) groups is 1. The Kier molecular flexibility index (Phi) is 3.97. The number of halogens is 1. The molecule has 9 heteroatoms. The second-order valence-corrected chi connectivity index (χ2v) is 7.36. The first kappa shape index (κ1) is 17.6. The molecule has 4 heterocycles. The number of benzene rings is 1. The van der Waals surface area contributed by atoms with E-state index in [1.165, 1.54) is 10.9 Å². The maximum Gasteiger partial charge on any atom is 0.258 e. The van der Waals surface area contributed by atoms with Crippen molar-refractivity contribution in [2.75, 3.05) is 23.3 Å². The molecule has 4 aromatic rings. The van der Waals surface area contributed by atoms with Crippen LogP contribution in [-0.4, -0.2) is 43.4 Å². The molecule has 0 spiro atoms. The van der Waals surface area contributed by atoms with Gasteiger partial charge in [0.05, 0.1) is 22.6 Å². The second kappa shape index (κ2) is 6.54. The van der Waals surface area contributed by atoms with Crippen LogP contribution in [0.1, 0.15) is 28.9 Å². The van der Waals surface area contributed by atoms with Crippen molar-refractivity contribution in [2.45, 2.75) is 19.8 Å². The molecular formula is C20H20FN7O. The van der Waals surface area contributed by atoms with Crippen LogP contribution in [0.2, 0.25) is 0 Å². The number of rotatable bonds is 3. The van der Waals surface area contributed by atoms with E-state index >= 15 is 0 Å². The molecule has 3 aromatic heterocycles. The highest BCUT2D eigenvalue weighted by atomic mass is 19.1. The number of imidazole rings is 1. The zero-order chi connectivity index (χ0) is 20.1. The minimum atomic E-state index is -0.495. The minimum absolute atomic E-state index is 0.229. The first-order valence-electron chi connectivity index (χ1n) is 9.55. The van der Waals surface area contributed by atoms with E-state index in [9.17, 15) is 9.18 Å². The van der Waals surface area contributed by atoms with Crippen molar-refractivity contribution >= 4 is 34.0 Å². The molecule has 0 aliphatic carbocycles. The van der Waals surface area contributed by atoms with E-state index in [2.05, 4.69) is 25.4 Å². The van der Waals surface area contributed by atoms with Gasteiger partial charge in [-0.05, 0) is 31.9 Å². The summed E-state index contributed by atoms with van der Waals surface area (Å²) in [6.07, 6.45) is 5.64. The lowest BCUT2D eigenvalue weighted by Gasteiger charge is -2.18. The second-order valence-electron chi connectivity index (χ2n) is 7.36. The van der Waals surface area contributed by atoms with Crippen molar-refractivity contribution in [3.63, 3.8) is 0 Å². The number of hydrogen-bond donors (Lipinski definition) is 1. The van der Waals surface area contributed by atoms with Crippen LogP contribution in [-0.2, 0) is 7.05 Å². The van der Waals surface area contributed by atoms with Crippen LogP contribution in [0.4, 0.5) is 15.8 Å². The molecule has 1 aromatic carbocycles. The number of amides is 1. The van der Waals surface area contributed by atoms with Gasteiger partial charge in [0.2, 0.25) is 0 Å². The summed E-state index contributed by atoms with van der Waals surface area (Å²) < 4.78 is 15.9. The summed E-state index contributed by atoms with van der Waals surface area (Å²) in [6.45, 7) is 3.74. The van der Waals surface area contributed by atoms with Gasteiger partial charge in [-0.1, -0.05) is 0 Å². The van der Waals surface area contributed by atoms with Crippen LogP contribution in [0, 0.1) is 12.7 Å². The van der Waals surface area contributed by atoms with Gasteiger partial charge in [0.25, 0.3) is 5.91 Å². The zero-order valence-electron chi connectivity index (χ0n) is 16.2. The Morgan fingerprint density at radius 2 is 1.90 bits per heavy atom. The van der Waals surface area contributed by atoms with Gasteiger partial charge in [0, 0.05) is 38.6 Å². The molecule has 0 atom stereocenters. The summed E-state index contributed by atoms with van der Waals surface area (Å²) >= 11 is 0. The van der Waals surface area contributed by atoms with E-state index in [-0.39, 0.29) is 11.6 Å². The minimum Gasteiger partial charge on any atom is -0.370 e. The van der Waals surface area contributed by atoms with E-state index in [1.54, 1.807) is 36.8 Å². The zero-order valence-corrected chi connectivity index (χ0v) is 16.2. The van der Waals surface area contributed by atoms with Gasteiger partial charge in [-0.2, -0.15) is 15.0 Å². The number of anilines is 2. The molecule has 0 bridgehead atoms. The number of aryl methyl sites for hydroxylation is 2. The fraction of sp³-hybridized carbons (Fsp3) is 0.300. The number of fused-ring (bicyclic) bond motifs is 2. The third kappa shape index (κ3) is 2.98. The standard InChI is InChI=1S/C20H20FN7O/c1-12-10-28-11-13(9-15(21)19(28)22-12)23-20(29)14-5-6-16(27-7-3-4-8-27)18-17(14)24-26(2)25-18/h5-6,9-11H,3-4,7-8H2,1-2H3,(H,23,29). The Morgan fingerprint density at radius 1 is 1.14 bits per heavy atom. The van der Waals surface area contributed by atoms with E-state index in [1.807, 2.05) is 6.07 Å². The van der Waals surface area contributed by atoms with Crippen LogP contribution in [0.3, 0.4) is 0 Å². The highest BCUT2D eigenvalue weighted by Crippen LogP contribution is 2.30. The molecule has 29 heavy (non-hydrogen) atoms. The van der Waals surface area contributed by atoms with Crippen molar-refractivity contribution < 1.29 is 9.18 Å². The number of hydrogen-bond acceptors (Lipinski definition) is 5. The summed E-state index contributed by atoms with van der Waals surface area (Å²) in [4.78, 5) is 20.8. The lowest BCUT2D eigenvalue weighted by atomic mass is 10.1.